The fourth-order valence-corrected chi connectivity index (χ4v) is 4.59. The third kappa shape index (κ3) is 5.94. The van der Waals surface area contributed by atoms with Crippen LogP contribution in [0.25, 0.3) is 0 Å². The minimum atomic E-state index is -4.18. The van der Waals surface area contributed by atoms with Gasteiger partial charge < -0.3 is 15.1 Å². The van der Waals surface area contributed by atoms with Gasteiger partial charge in [-0.3, -0.25) is 9.89 Å². The van der Waals surface area contributed by atoms with Crippen LogP contribution in [0.3, 0.4) is 0 Å². The van der Waals surface area contributed by atoms with Crippen molar-refractivity contribution >= 4 is 23.4 Å². The smallest absolute Gasteiger partial charge is 0.370 e. The third-order valence-corrected chi connectivity index (χ3v) is 6.55. The second-order valence-corrected chi connectivity index (χ2v) is 8.63. The van der Waals surface area contributed by atoms with Gasteiger partial charge >= 0.3 is 6.18 Å². The molecular weight excluding hydrogens is 399 g/mol. The highest BCUT2D eigenvalue weighted by Crippen LogP contribution is 2.25. The first-order valence-electron chi connectivity index (χ1n) is 10.1. The molecule has 162 valence electrons. The van der Waals surface area contributed by atoms with Gasteiger partial charge in [0.15, 0.2) is 5.96 Å². The van der Waals surface area contributed by atoms with Crippen LogP contribution >= 0.6 is 11.8 Å². The number of nitrogens with one attached hydrogen (secondary N) is 1. The van der Waals surface area contributed by atoms with E-state index in [9.17, 15) is 13.2 Å². The van der Waals surface area contributed by atoms with Gasteiger partial charge in [-0.15, -0.1) is 0 Å². The average molecular weight is 430 g/mol. The minimum Gasteiger partial charge on any atom is -0.370 e. The normalized spacial score (nSPS) is 20.7. The lowest BCUT2D eigenvalue weighted by Gasteiger charge is -2.39. The van der Waals surface area contributed by atoms with Crippen LogP contribution in [0.1, 0.15) is 12.5 Å². The molecule has 3 rings (SSSR count). The molecule has 2 fully saturated rings. The Morgan fingerprint density at radius 2 is 1.69 bits per heavy atom. The highest BCUT2D eigenvalue weighted by atomic mass is 32.2. The first-order chi connectivity index (χ1) is 13.9. The first-order valence-corrected chi connectivity index (χ1v) is 11.2. The van der Waals surface area contributed by atoms with Gasteiger partial charge in [0, 0.05) is 70.1 Å². The predicted molar refractivity (Wildman–Crippen MR) is 115 cm³/mol. The molecule has 2 aliphatic heterocycles. The van der Waals surface area contributed by atoms with Gasteiger partial charge in [0.1, 0.15) is 6.04 Å². The van der Waals surface area contributed by atoms with E-state index >= 15 is 0 Å². The topological polar surface area (TPSA) is 34.1 Å². The molecule has 1 unspecified atom stereocenters. The molecule has 2 aliphatic rings. The van der Waals surface area contributed by atoms with Crippen LogP contribution < -0.4 is 10.2 Å². The van der Waals surface area contributed by atoms with Crippen molar-refractivity contribution in [2.24, 2.45) is 4.99 Å². The lowest BCUT2D eigenvalue weighted by Crippen LogP contribution is -2.56. The van der Waals surface area contributed by atoms with Crippen LogP contribution in [0.15, 0.2) is 29.3 Å². The number of anilines is 1. The standard InChI is InChI=1S/C20H30F3N5S/c1-16(20(21,22)23)26-7-9-28(10-8-26)19(24-2)25-15-17-3-5-18(6-4-17)27-11-13-29-14-12-27/h3-6,16H,7-15H2,1-2H3,(H,24,25). The molecule has 1 atom stereocenters. The Kier molecular flexibility index (Phi) is 7.56. The third-order valence-electron chi connectivity index (χ3n) is 5.61. The Balaban J connectivity index is 1.48. The Morgan fingerprint density at radius 1 is 1.07 bits per heavy atom. The van der Waals surface area contributed by atoms with Gasteiger partial charge in [-0.25, -0.2) is 0 Å². The number of hydrogen-bond donors (Lipinski definition) is 1. The molecule has 2 saturated heterocycles. The Morgan fingerprint density at radius 3 is 2.24 bits per heavy atom. The molecule has 29 heavy (non-hydrogen) atoms. The highest BCUT2D eigenvalue weighted by molar-refractivity contribution is 7.99. The average Bonchev–Trinajstić information content (AvgIpc) is 2.74. The number of benzene rings is 1. The summed E-state index contributed by atoms with van der Waals surface area (Å²) in [5.41, 5.74) is 2.42. The Bertz CT molecular complexity index is 666. The van der Waals surface area contributed by atoms with Crippen LogP contribution in [-0.4, -0.2) is 85.8 Å². The molecule has 1 aromatic rings. The Labute approximate surface area is 175 Å². The molecule has 0 bridgehead atoms. The molecule has 0 saturated carbocycles. The van der Waals surface area contributed by atoms with Gasteiger partial charge in [-0.2, -0.15) is 24.9 Å². The van der Waals surface area contributed by atoms with E-state index < -0.39 is 12.2 Å². The van der Waals surface area contributed by atoms with Crippen molar-refractivity contribution in [1.29, 1.82) is 0 Å². The quantitative estimate of drug-likeness (QED) is 0.588. The number of rotatable bonds is 4. The van der Waals surface area contributed by atoms with Crippen LogP contribution in [0, 0.1) is 0 Å². The number of piperazine rings is 1. The first kappa shape index (κ1) is 22.1. The highest BCUT2D eigenvalue weighted by Gasteiger charge is 2.41. The van der Waals surface area contributed by atoms with Crippen molar-refractivity contribution in [3.8, 4) is 0 Å². The molecular formula is C20H30F3N5S. The van der Waals surface area contributed by atoms with Crippen LogP contribution in [0.5, 0.6) is 0 Å². The largest absolute Gasteiger partial charge is 0.403 e. The molecule has 0 spiro atoms. The van der Waals surface area contributed by atoms with E-state index in [0.717, 1.165) is 24.6 Å². The number of nitrogens with zero attached hydrogens (tertiary/aromatic N) is 4. The van der Waals surface area contributed by atoms with Crippen molar-refractivity contribution in [1.82, 2.24) is 15.1 Å². The van der Waals surface area contributed by atoms with Gasteiger partial charge in [-0.05, 0) is 24.6 Å². The summed E-state index contributed by atoms with van der Waals surface area (Å²) in [6.07, 6.45) is -4.18. The zero-order chi connectivity index (χ0) is 20.9. The van der Waals surface area contributed by atoms with Gasteiger partial charge in [0.05, 0.1) is 0 Å². The monoisotopic (exact) mass is 429 g/mol. The lowest BCUT2D eigenvalue weighted by molar-refractivity contribution is -0.181. The molecule has 9 heteroatoms. The van der Waals surface area contributed by atoms with Crippen LogP contribution in [0.2, 0.25) is 0 Å². The van der Waals surface area contributed by atoms with Crippen molar-refractivity contribution in [3.63, 3.8) is 0 Å². The molecule has 0 amide bonds. The van der Waals surface area contributed by atoms with E-state index in [0.29, 0.717) is 32.7 Å². The summed E-state index contributed by atoms with van der Waals surface area (Å²) < 4.78 is 38.7. The van der Waals surface area contributed by atoms with E-state index in [1.54, 1.807) is 7.05 Å². The zero-order valence-corrected chi connectivity index (χ0v) is 17.9. The SMILES string of the molecule is CN=C(NCc1ccc(N2CCSCC2)cc1)N1CCN(C(C)C(F)(F)F)CC1. The number of aliphatic imine (C=N–C) groups is 1. The van der Waals surface area contributed by atoms with Crippen LogP contribution in [0.4, 0.5) is 18.9 Å². The molecule has 0 radical (unpaired) electrons. The second kappa shape index (κ2) is 9.93. The molecule has 1 N–H and O–H groups in total. The fraction of sp³-hybridized carbons (Fsp3) is 0.650. The van der Waals surface area contributed by atoms with E-state index in [1.807, 2.05) is 16.7 Å². The van der Waals surface area contributed by atoms with Crippen molar-refractivity contribution < 1.29 is 13.2 Å². The maximum atomic E-state index is 12.9. The van der Waals surface area contributed by atoms with E-state index in [2.05, 4.69) is 39.5 Å². The summed E-state index contributed by atoms with van der Waals surface area (Å²) in [5.74, 6) is 3.09. The second-order valence-electron chi connectivity index (χ2n) is 7.41. The van der Waals surface area contributed by atoms with Crippen molar-refractivity contribution in [3.05, 3.63) is 29.8 Å². The van der Waals surface area contributed by atoms with Crippen molar-refractivity contribution in [2.75, 3.05) is 62.7 Å². The summed E-state index contributed by atoms with van der Waals surface area (Å²) in [7, 11) is 1.71. The summed E-state index contributed by atoms with van der Waals surface area (Å²) in [4.78, 5) is 10.2. The number of hydrogen-bond acceptors (Lipinski definition) is 4. The molecule has 2 heterocycles. The number of alkyl halides is 3. The van der Waals surface area contributed by atoms with Gasteiger partial charge in [-0.1, -0.05) is 12.1 Å². The van der Waals surface area contributed by atoms with Crippen LogP contribution in [-0.2, 0) is 6.54 Å². The predicted octanol–water partition coefficient (Wildman–Crippen LogP) is 2.88. The van der Waals surface area contributed by atoms with Gasteiger partial charge in [0.2, 0.25) is 0 Å². The summed E-state index contributed by atoms with van der Waals surface area (Å²) in [6.45, 7) is 5.88. The van der Waals surface area contributed by atoms with E-state index in [1.165, 1.54) is 29.0 Å². The Hall–Kier alpha value is -1.61. The summed E-state index contributed by atoms with van der Waals surface area (Å²) >= 11 is 2.00. The zero-order valence-electron chi connectivity index (χ0n) is 17.1. The van der Waals surface area contributed by atoms with Crippen molar-refractivity contribution in [2.45, 2.75) is 25.7 Å². The number of halogens is 3. The van der Waals surface area contributed by atoms with E-state index in [4.69, 9.17) is 0 Å². The van der Waals surface area contributed by atoms with E-state index in [-0.39, 0.29) is 0 Å². The van der Waals surface area contributed by atoms with Gasteiger partial charge in [0.25, 0.3) is 0 Å². The number of guanidine groups is 1. The maximum absolute atomic E-state index is 12.9. The summed E-state index contributed by atoms with van der Waals surface area (Å²) in [5, 5.41) is 3.35. The summed E-state index contributed by atoms with van der Waals surface area (Å²) in [6, 6.07) is 7.16. The number of thioether (sulfide) groups is 1. The molecule has 1 aromatic carbocycles. The molecule has 0 aromatic heterocycles. The minimum absolute atomic E-state index is 0.379. The fourth-order valence-electron chi connectivity index (χ4n) is 3.69. The maximum Gasteiger partial charge on any atom is 0.403 e. The molecule has 5 nitrogen and oxygen atoms in total. The molecule has 0 aliphatic carbocycles. The lowest BCUT2D eigenvalue weighted by atomic mass is 10.2.